The lowest BCUT2D eigenvalue weighted by molar-refractivity contribution is -0.117. The maximum atomic E-state index is 11.7. The van der Waals surface area contributed by atoms with Gasteiger partial charge in [-0.15, -0.1) is 0 Å². The van der Waals surface area contributed by atoms with Gasteiger partial charge in [0.2, 0.25) is 0 Å². The second-order valence-corrected chi connectivity index (χ2v) is 3.92. The molecule has 0 bridgehead atoms. The van der Waals surface area contributed by atoms with Crippen LogP contribution in [-0.2, 0) is 4.79 Å². The average molecular weight is 178 g/mol. The summed E-state index contributed by atoms with van der Waals surface area (Å²) in [7, 11) is 0. The van der Waals surface area contributed by atoms with E-state index in [1.807, 2.05) is 13.8 Å². The highest BCUT2D eigenvalue weighted by Gasteiger charge is 2.27. The second-order valence-electron chi connectivity index (χ2n) is 3.92. The predicted molar refractivity (Wildman–Crippen MR) is 55.5 cm³/mol. The molecular weight excluding hydrogens is 160 g/mol. The fourth-order valence-corrected chi connectivity index (χ4v) is 2.05. The zero-order valence-corrected chi connectivity index (χ0v) is 8.98. The Labute approximate surface area is 80.5 Å². The molecule has 72 valence electrons. The van der Waals surface area contributed by atoms with E-state index >= 15 is 0 Å². The highest BCUT2D eigenvalue weighted by molar-refractivity contribution is 6.03. The van der Waals surface area contributed by atoms with Crippen LogP contribution in [0.15, 0.2) is 22.8 Å². The minimum atomic E-state index is 0.204. The number of allylic oxidation sites excluding steroid dienone is 4. The summed E-state index contributed by atoms with van der Waals surface area (Å²) in [5.74, 6) is 0.537. The van der Waals surface area contributed by atoms with E-state index in [2.05, 4.69) is 19.9 Å². The van der Waals surface area contributed by atoms with Gasteiger partial charge in [-0.3, -0.25) is 4.79 Å². The molecule has 0 aromatic carbocycles. The van der Waals surface area contributed by atoms with Crippen molar-refractivity contribution in [3.05, 3.63) is 22.8 Å². The molecule has 13 heavy (non-hydrogen) atoms. The van der Waals surface area contributed by atoms with Crippen molar-refractivity contribution < 1.29 is 4.79 Å². The maximum Gasteiger partial charge on any atom is 0.166 e. The summed E-state index contributed by atoms with van der Waals surface area (Å²) in [6, 6.07) is 0. The van der Waals surface area contributed by atoms with Crippen LogP contribution < -0.4 is 0 Å². The second kappa shape index (κ2) is 3.91. The van der Waals surface area contributed by atoms with E-state index in [9.17, 15) is 4.79 Å². The van der Waals surface area contributed by atoms with Crippen molar-refractivity contribution in [3.63, 3.8) is 0 Å². The summed E-state index contributed by atoms with van der Waals surface area (Å²) < 4.78 is 0. The van der Waals surface area contributed by atoms with Crippen LogP contribution in [0, 0.1) is 5.92 Å². The van der Waals surface area contributed by atoms with E-state index in [-0.39, 0.29) is 5.92 Å². The molecule has 0 amide bonds. The minimum absolute atomic E-state index is 0.204. The first-order valence-corrected chi connectivity index (χ1v) is 4.99. The van der Waals surface area contributed by atoms with Gasteiger partial charge in [0.1, 0.15) is 0 Å². The Balaban J connectivity index is 2.97. The molecule has 0 saturated heterocycles. The highest BCUT2D eigenvalue weighted by Crippen LogP contribution is 2.31. The lowest BCUT2D eigenvalue weighted by Crippen LogP contribution is -2.06. The molecule has 1 aliphatic rings. The minimum Gasteiger partial charge on any atom is -0.294 e. The van der Waals surface area contributed by atoms with Gasteiger partial charge < -0.3 is 0 Å². The molecule has 1 aliphatic carbocycles. The largest absolute Gasteiger partial charge is 0.294 e. The Morgan fingerprint density at radius 1 is 1.62 bits per heavy atom. The molecule has 0 radical (unpaired) electrons. The fraction of sp³-hybridized carbons (Fsp3) is 0.583. The summed E-state index contributed by atoms with van der Waals surface area (Å²) >= 11 is 0. The van der Waals surface area contributed by atoms with Gasteiger partial charge in [-0.25, -0.2) is 0 Å². The van der Waals surface area contributed by atoms with Crippen LogP contribution in [0.3, 0.4) is 0 Å². The van der Waals surface area contributed by atoms with Crippen molar-refractivity contribution in [1.82, 2.24) is 0 Å². The van der Waals surface area contributed by atoms with E-state index in [1.165, 1.54) is 5.57 Å². The molecule has 0 N–H and O–H groups in total. The van der Waals surface area contributed by atoms with Gasteiger partial charge in [-0.1, -0.05) is 25.5 Å². The Morgan fingerprint density at radius 3 is 2.62 bits per heavy atom. The van der Waals surface area contributed by atoms with Crippen LogP contribution in [-0.4, -0.2) is 5.78 Å². The summed E-state index contributed by atoms with van der Waals surface area (Å²) in [5.41, 5.74) is 3.42. The zero-order chi connectivity index (χ0) is 10.0. The van der Waals surface area contributed by atoms with Gasteiger partial charge >= 0.3 is 0 Å². The molecule has 1 heteroatoms. The average Bonchev–Trinajstić information content (AvgIpc) is 2.27. The fourth-order valence-electron chi connectivity index (χ4n) is 2.05. The highest BCUT2D eigenvalue weighted by atomic mass is 16.1. The molecule has 1 unspecified atom stereocenters. The Bertz CT molecular complexity index is 281. The molecule has 0 fully saturated rings. The van der Waals surface area contributed by atoms with Gasteiger partial charge in [-0.2, -0.15) is 0 Å². The first kappa shape index (κ1) is 10.2. The summed E-state index contributed by atoms with van der Waals surface area (Å²) in [4.78, 5) is 11.7. The van der Waals surface area contributed by atoms with Crippen molar-refractivity contribution in [3.8, 4) is 0 Å². The smallest absolute Gasteiger partial charge is 0.166 e. The molecule has 0 aromatic heterocycles. The monoisotopic (exact) mass is 178 g/mol. The van der Waals surface area contributed by atoms with Gasteiger partial charge in [-0.05, 0) is 32.3 Å². The molecule has 0 saturated carbocycles. The van der Waals surface area contributed by atoms with E-state index in [1.54, 1.807) is 0 Å². The van der Waals surface area contributed by atoms with Gasteiger partial charge in [0, 0.05) is 11.5 Å². The van der Waals surface area contributed by atoms with Gasteiger partial charge in [0.25, 0.3) is 0 Å². The van der Waals surface area contributed by atoms with E-state index in [0.717, 1.165) is 24.0 Å². The number of carbonyl (C=O) groups is 1. The van der Waals surface area contributed by atoms with Crippen molar-refractivity contribution in [2.24, 2.45) is 5.92 Å². The van der Waals surface area contributed by atoms with Crippen molar-refractivity contribution in [2.75, 3.05) is 0 Å². The third kappa shape index (κ3) is 1.90. The van der Waals surface area contributed by atoms with Crippen LogP contribution in [0.5, 0.6) is 0 Å². The van der Waals surface area contributed by atoms with E-state index in [0.29, 0.717) is 5.78 Å². The summed E-state index contributed by atoms with van der Waals surface area (Å²) in [5, 5.41) is 0. The first-order valence-electron chi connectivity index (χ1n) is 4.99. The summed E-state index contributed by atoms with van der Waals surface area (Å²) in [6.07, 6.45) is 4.09. The third-order valence-electron chi connectivity index (χ3n) is 2.64. The number of rotatable bonds is 2. The van der Waals surface area contributed by atoms with Crippen molar-refractivity contribution in [1.29, 1.82) is 0 Å². The first-order chi connectivity index (χ1) is 6.07. The van der Waals surface area contributed by atoms with Crippen molar-refractivity contribution in [2.45, 2.75) is 40.5 Å². The molecule has 0 heterocycles. The number of carbonyl (C=O) groups excluding carboxylic acids is 1. The zero-order valence-electron chi connectivity index (χ0n) is 8.98. The van der Waals surface area contributed by atoms with E-state index in [4.69, 9.17) is 0 Å². The van der Waals surface area contributed by atoms with Crippen LogP contribution in [0.25, 0.3) is 0 Å². The topological polar surface area (TPSA) is 17.1 Å². The number of Topliss-reactive ketones (excluding diaryl/α,β-unsaturated/α-hetero) is 1. The van der Waals surface area contributed by atoms with Crippen molar-refractivity contribution >= 4 is 5.78 Å². The number of hydrogen-bond acceptors (Lipinski definition) is 1. The standard InChI is InChI=1S/C12H18O/c1-5-6-8(2)11-9(3)7-10(4)12(11)13/h6,10H,5,7H2,1-4H3/b8-6+. The molecule has 1 atom stereocenters. The Kier molecular flexibility index (Phi) is 3.07. The normalized spacial score (nSPS) is 24.5. The van der Waals surface area contributed by atoms with Crippen LogP contribution in [0.2, 0.25) is 0 Å². The Morgan fingerprint density at radius 2 is 2.23 bits per heavy atom. The quantitative estimate of drug-likeness (QED) is 0.634. The molecule has 1 nitrogen and oxygen atoms in total. The molecule has 0 aliphatic heterocycles. The van der Waals surface area contributed by atoms with Gasteiger partial charge in [0.15, 0.2) is 5.78 Å². The lowest BCUT2D eigenvalue weighted by Gasteiger charge is -2.03. The van der Waals surface area contributed by atoms with Crippen LogP contribution >= 0.6 is 0 Å². The molecule has 0 aromatic rings. The van der Waals surface area contributed by atoms with Crippen LogP contribution in [0.4, 0.5) is 0 Å². The lowest BCUT2D eigenvalue weighted by atomic mass is 10.0. The van der Waals surface area contributed by atoms with E-state index < -0.39 is 0 Å². The number of ketones is 1. The summed E-state index contributed by atoms with van der Waals surface area (Å²) in [6.45, 7) is 8.22. The molecule has 1 rings (SSSR count). The van der Waals surface area contributed by atoms with Gasteiger partial charge in [0.05, 0.1) is 0 Å². The Hall–Kier alpha value is -0.850. The molecular formula is C12H18O. The molecule has 0 spiro atoms. The third-order valence-corrected chi connectivity index (χ3v) is 2.64. The maximum absolute atomic E-state index is 11.7. The number of hydrogen-bond donors (Lipinski definition) is 0. The SMILES string of the molecule is CC/C=C(\C)C1=C(C)CC(C)C1=O. The predicted octanol–water partition coefficient (Wildman–Crippen LogP) is 3.27. The van der Waals surface area contributed by atoms with Crippen LogP contribution in [0.1, 0.15) is 40.5 Å².